The highest BCUT2D eigenvalue weighted by Gasteiger charge is 2.20. The van der Waals surface area contributed by atoms with E-state index in [1.807, 2.05) is 0 Å². The lowest BCUT2D eigenvalue weighted by Crippen LogP contribution is -2.44. The van der Waals surface area contributed by atoms with Crippen molar-refractivity contribution in [2.75, 3.05) is 38.1 Å². The topological polar surface area (TPSA) is 18.5 Å². The molecule has 2 aliphatic rings. The van der Waals surface area contributed by atoms with E-state index in [2.05, 4.69) is 47.3 Å². The van der Waals surface area contributed by atoms with Crippen LogP contribution in [0.15, 0.2) is 18.2 Å². The lowest BCUT2D eigenvalue weighted by molar-refractivity contribution is 0.313. The summed E-state index contributed by atoms with van der Waals surface area (Å²) in [7, 11) is 2.20. The number of benzene rings is 1. The number of rotatable bonds is 4. The van der Waals surface area contributed by atoms with E-state index in [-0.39, 0.29) is 0 Å². The molecule has 0 spiro atoms. The third-order valence-corrected chi connectivity index (χ3v) is 4.35. The molecule has 1 aromatic rings. The zero-order valence-electron chi connectivity index (χ0n) is 12.2. The number of hydrogen-bond acceptors (Lipinski definition) is 3. The Morgan fingerprint density at radius 2 is 1.89 bits per heavy atom. The van der Waals surface area contributed by atoms with Crippen LogP contribution in [0.5, 0.6) is 0 Å². The second-order valence-electron chi connectivity index (χ2n) is 6.06. The van der Waals surface area contributed by atoms with Gasteiger partial charge >= 0.3 is 0 Å². The van der Waals surface area contributed by atoms with Crippen LogP contribution in [0.4, 0.5) is 5.69 Å². The summed E-state index contributed by atoms with van der Waals surface area (Å²) < 4.78 is 0. The van der Waals surface area contributed by atoms with Crippen molar-refractivity contribution >= 4 is 5.69 Å². The van der Waals surface area contributed by atoms with Gasteiger partial charge in [0.05, 0.1) is 0 Å². The average molecular weight is 259 g/mol. The van der Waals surface area contributed by atoms with Crippen molar-refractivity contribution in [3.05, 3.63) is 29.3 Å². The minimum atomic E-state index is 0.789. The fourth-order valence-electron chi connectivity index (χ4n) is 2.68. The van der Waals surface area contributed by atoms with Gasteiger partial charge in [0.25, 0.3) is 0 Å². The predicted molar refractivity (Wildman–Crippen MR) is 80.8 cm³/mol. The summed E-state index contributed by atoms with van der Waals surface area (Å²) in [5, 5.41) is 3.60. The van der Waals surface area contributed by atoms with Crippen LogP contribution in [-0.2, 0) is 6.54 Å². The van der Waals surface area contributed by atoms with Crippen LogP contribution in [0.3, 0.4) is 0 Å². The SMILES string of the molecule is Cc1cc(N2CCN(C)CC2)ccc1CNC1CC1. The molecule has 1 saturated heterocycles. The number of hydrogen-bond donors (Lipinski definition) is 1. The zero-order chi connectivity index (χ0) is 13.2. The maximum Gasteiger partial charge on any atom is 0.0369 e. The van der Waals surface area contributed by atoms with E-state index in [4.69, 9.17) is 0 Å². The van der Waals surface area contributed by atoms with E-state index < -0.39 is 0 Å². The van der Waals surface area contributed by atoms with Crippen molar-refractivity contribution in [2.24, 2.45) is 0 Å². The summed E-state index contributed by atoms with van der Waals surface area (Å²) in [5.41, 5.74) is 4.26. The highest BCUT2D eigenvalue weighted by molar-refractivity contribution is 5.51. The maximum absolute atomic E-state index is 3.60. The van der Waals surface area contributed by atoms with Crippen molar-refractivity contribution in [1.82, 2.24) is 10.2 Å². The monoisotopic (exact) mass is 259 g/mol. The Balaban J connectivity index is 1.64. The van der Waals surface area contributed by atoms with Crippen molar-refractivity contribution in [3.8, 4) is 0 Å². The van der Waals surface area contributed by atoms with Gasteiger partial charge in [0.2, 0.25) is 0 Å². The second-order valence-corrected chi connectivity index (χ2v) is 6.06. The largest absolute Gasteiger partial charge is 0.369 e. The van der Waals surface area contributed by atoms with E-state index >= 15 is 0 Å². The van der Waals surface area contributed by atoms with Crippen molar-refractivity contribution in [1.29, 1.82) is 0 Å². The van der Waals surface area contributed by atoms with E-state index in [1.54, 1.807) is 0 Å². The Morgan fingerprint density at radius 1 is 1.16 bits per heavy atom. The lowest BCUT2D eigenvalue weighted by Gasteiger charge is -2.34. The molecule has 0 amide bonds. The van der Waals surface area contributed by atoms with Crippen molar-refractivity contribution in [2.45, 2.75) is 32.4 Å². The van der Waals surface area contributed by atoms with E-state index in [0.29, 0.717) is 0 Å². The summed E-state index contributed by atoms with van der Waals surface area (Å²) in [4.78, 5) is 4.91. The third kappa shape index (κ3) is 3.28. The van der Waals surface area contributed by atoms with E-state index in [1.165, 1.54) is 42.7 Å². The van der Waals surface area contributed by atoms with Crippen LogP contribution in [-0.4, -0.2) is 44.2 Å². The number of piperazine rings is 1. The van der Waals surface area contributed by atoms with Gasteiger partial charge in [0.15, 0.2) is 0 Å². The van der Waals surface area contributed by atoms with Crippen LogP contribution < -0.4 is 10.2 Å². The Morgan fingerprint density at radius 3 is 2.53 bits per heavy atom. The molecule has 104 valence electrons. The van der Waals surface area contributed by atoms with Crippen LogP contribution in [0.25, 0.3) is 0 Å². The standard InChI is InChI=1S/C16H25N3/c1-13-11-16(19-9-7-18(2)8-10-19)6-3-14(13)12-17-15-4-5-15/h3,6,11,15,17H,4-5,7-10,12H2,1-2H3. The average Bonchev–Trinajstić information content (AvgIpc) is 3.22. The molecule has 0 radical (unpaired) electrons. The molecule has 1 aliphatic heterocycles. The quantitative estimate of drug-likeness (QED) is 0.892. The molecule has 3 heteroatoms. The zero-order valence-corrected chi connectivity index (χ0v) is 12.2. The number of nitrogens with zero attached hydrogens (tertiary/aromatic N) is 2. The van der Waals surface area contributed by atoms with Gasteiger partial charge in [-0.3, -0.25) is 0 Å². The first-order valence-corrected chi connectivity index (χ1v) is 7.49. The molecule has 19 heavy (non-hydrogen) atoms. The Hall–Kier alpha value is -1.06. The molecular formula is C16H25N3. The number of nitrogens with one attached hydrogen (secondary N) is 1. The minimum absolute atomic E-state index is 0.789. The Bertz CT molecular complexity index is 432. The van der Waals surface area contributed by atoms with Gasteiger partial charge in [0, 0.05) is 44.5 Å². The number of likely N-dealkylation sites (N-methyl/N-ethyl adjacent to an activating group) is 1. The first-order chi connectivity index (χ1) is 9.22. The molecule has 1 heterocycles. The fourth-order valence-corrected chi connectivity index (χ4v) is 2.68. The molecule has 3 rings (SSSR count). The predicted octanol–water partition coefficient (Wildman–Crippen LogP) is 2.00. The Labute approximate surface area is 116 Å². The van der Waals surface area contributed by atoms with Gasteiger partial charge in [-0.1, -0.05) is 6.07 Å². The highest BCUT2D eigenvalue weighted by atomic mass is 15.2. The van der Waals surface area contributed by atoms with Gasteiger partial charge in [-0.25, -0.2) is 0 Å². The number of anilines is 1. The molecular weight excluding hydrogens is 234 g/mol. The third-order valence-electron chi connectivity index (χ3n) is 4.35. The van der Waals surface area contributed by atoms with Crippen LogP contribution >= 0.6 is 0 Å². The molecule has 3 nitrogen and oxygen atoms in total. The van der Waals surface area contributed by atoms with Crippen LogP contribution in [0.2, 0.25) is 0 Å². The van der Waals surface area contributed by atoms with Crippen molar-refractivity contribution in [3.63, 3.8) is 0 Å². The summed E-state index contributed by atoms with van der Waals surface area (Å²) in [5.74, 6) is 0. The van der Waals surface area contributed by atoms with Gasteiger partial charge < -0.3 is 15.1 Å². The van der Waals surface area contributed by atoms with E-state index in [0.717, 1.165) is 25.7 Å². The second kappa shape index (κ2) is 5.51. The molecule has 0 unspecified atom stereocenters. The summed E-state index contributed by atoms with van der Waals surface area (Å²) >= 11 is 0. The van der Waals surface area contributed by atoms with E-state index in [9.17, 15) is 0 Å². The highest BCUT2D eigenvalue weighted by Crippen LogP contribution is 2.23. The van der Waals surface area contributed by atoms with Gasteiger partial charge in [-0.15, -0.1) is 0 Å². The van der Waals surface area contributed by atoms with Crippen molar-refractivity contribution < 1.29 is 0 Å². The molecule has 0 aromatic heterocycles. The minimum Gasteiger partial charge on any atom is -0.369 e. The smallest absolute Gasteiger partial charge is 0.0369 e. The van der Waals surface area contributed by atoms with Crippen LogP contribution in [0, 0.1) is 6.92 Å². The molecule has 0 bridgehead atoms. The summed E-state index contributed by atoms with van der Waals surface area (Å²) in [6, 6.07) is 7.74. The molecule has 1 saturated carbocycles. The van der Waals surface area contributed by atoms with Gasteiger partial charge in [-0.05, 0) is 50.1 Å². The molecule has 1 N–H and O–H groups in total. The first-order valence-electron chi connectivity index (χ1n) is 7.49. The summed E-state index contributed by atoms with van der Waals surface area (Å²) in [6.45, 7) is 7.91. The summed E-state index contributed by atoms with van der Waals surface area (Å²) in [6.07, 6.45) is 2.72. The van der Waals surface area contributed by atoms with Crippen LogP contribution in [0.1, 0.15) is 24.0 Å². The molecule has 1 aromatic carbocycles. The normalized spacial score (nSPS) is 20.8. The van der Waals surface area contributed by atoms with Gasteiger partial charge in [0.1, 0.15) is 0 Å². The fraction of sp³-hybridized carbons (Fsp3) is 0.625. The number of aryl methyl sites for hydroxylation is 1. The lowest BCUT2D eigenvalue weighted by atomic mass is 10.1. The first kappa shape index (κ1) is 12.9. The molecule has 2 fully saturated rings. The molecule has 1 aliphatic carbocycles. The maximum atomic E-state index is 3.60. The van der Waals surface area contributed by atoms with Gasteiger partial charge in [-0.2, -0.15) is 0 Å². The molecule has 0 atom stereocenters. The Kier molecular flexibility index (Phi) is 3.76.